The molecule has 0 heterocycles. The molecule has 1 aromatic rings. The van der Waals surface area contributed by atoms with Gasteiger partial charge in [0.25, 0.3) is 0 Å². The highest BCUT2D eigenvalue weighted by atomic mass is 16.5. The first-order valence-corrected chi connectivity index (χ1v) is 6.41. The molecule has 1 N–H and O–H groups in total. The average molecular weight is 245 g/mol. The van der Waals surface area contributed by atoms with E-state index in [1.165, 1.54) is 11.1 Å². The van der Waals surface area contributed by atoms with Crippen molar-refractivity contribution in [1.82, 2.24) is 5.32 Å². The quantitative estimate of drug-likeness (QED) is 0.837. The summed E-state index contributed by atoms with van der Waals surface area (Å²) >= 11 is 0. The molecule has 3 nitrogen and oxygen atoms in total. The van der Waals surface area contributed by atoms with E-state index in [1.807, 2.05) is 19.1 Å². The highest BCUT2D eigenvalue weighted by Gasteiger charge is 2.11. The fourth-order valence-electron chi connectivity index (χ4n) is 2.03. The third-order valence-corrected chi connectivity index (χ3v) is 3.06. The zero-order chi connectivity index (χ0) is 12.8. The minimum absolute atomic E-state index is 0.222. The predicted molar refractivity (Wildman–Crippen MR) is 70.9 cm³/mol. The van der Waals surface area contributed by atoms with Gasteiger partial charge >= 0.3 is 0 Å². The summed E-state index contributed by atoms with van der Waals surface area (Å²) in [6.45, 7) is 4.12. The van der Waals surface area contributed by atoms with Crippen LogP contribution >= 0.6 is 0 Å². The molecule has 0 saturated heterocycles. The van der Waals surface area contributed by atoms with E-state index in [0.717, 1.165) is 25.3 Å². The standard InChI is InChI=1S/C15H19NO2/c1-2-18-11-13-6-4-3-5-12(13)10-16-14-7-8-15(17)9-14/h3-6,9,16H,2,7-8,10-11H2,1H3. The number of allylic oxidation sites excluding steroid dienone is 2. The van der Waals surface area contributed by atoms with Gasteiger partial charge in [-0.05, 0) is 24.5 Å². The lowest BCUT2D eigenvalue weighted by Gasteiger charge is -2.11. The Morgan fingerprint density at radius 1 is 1.22 bits per heavy atom. The maximum Gasteiger partial charge on any atom is 0.157 e. The Morgan fingerprint density at radius 3 is 2.67 bits per heavy atom. The van der Waals surface area contributed by atoms with Crippen LogP contribution in [-0.2, 0) is 22.7 Å². The number of ketones is 1. The largest absolute Gasteiger partial charge is 0.384 e. The summed E-state index contributed by atoms with van der Waals surface area (Å²) in [5.41, 5.74) is 3.48. The van der Waals surface area contributed by atoms with Crippen molar-refractivity contribution in [1.29, 1.82) is 0 Å². The van der Waals surface area contributed by atoms with Gasteiger partial charge in [-0.15, -0.1) is 0 Å². The van der Waals surface area contributed by atoms with Crippen molar-refractivity contribution in [3.05, 3.63) is 47.2 Å². The minimum atomic E-state index is 0.222. The van der Waals surface area contributed by atoms with Crippen LogP contribution in [0.5, 0.6) is 0 Å². The molecular weight excluding hydrogens is 226 g/mol. The first-order valence-electron chi connectivity index (χ1n) is 6.41. The molecule has 0 unspecified atom stereocenters. The minimum Gasteiger partial charge on any atom is -0.384 e. The van der Waals surface area contributed by atoms with Crippen LogP contribution in [0.4, 0.5) is 0 Å². The van der Waals surface area contributed by atoms with Crippen LogP contribution in [0.15, 0.2) is 36.0 Å². The van der Waals surface area contributed by atoms with Crippen molar-refractivity contribution in [2.24, 2.45) is 0 Å². The lowest BCUT2D eigenvalue weighted by atomic mass is 10.1. The Bertz CT molecular complexity index is 452. The Kier molecular flexibility index (Phi) is 4.53. The maximum atomic E-state index is 11.1. The summed E-state index contributed by atoms with van der Waals surface area (Å²) in [4.78, 5) is 11.1. The third-order valence-electron chi connectivity index (χ3n) is 3.06. The third kappa shape index (κ3) is 3.44. The van der Waals surface area contributed by atoms with Crippen molar-refractivity contribution in [2.45, 2.75) is 32.9 Å². The monoisotopic (exact) mass is 245 g/mol. The Balaban J connectivity index is 1.96. The van der Waals surface area contributed by atoms with E-state index in [4.69, 9.17) is 4.74 Å². The van der Waals surface area contributed by atoms with Crippen LogP contribution in [0.3, 0.4) is 0 Å². The molecule has 1 aromatic carbocycles. The Labute approximate surface area is 108 Å². The number of benzene rings is 1. The summed E-state index contributed by atoms with van der Waals surface area (Å²) in [5.74, 6) is 0.222. The fourth-order valence-corrected chi connectivity index (χ4v) is 2.03. The van der Waals surface area contributed by atoms with E-state index in [0.29, 0.717) is 13.0 Å². The second-order valence-corrected chi connectivity index (χ2v) is 4.40. The van der Waals surface area contributed by atoms with E-state index in [1.54, 1.807) is 6.08 Å². The molecular formula is C15H19NO2. The van der Waals surface area contributed by atoms with Crippen molar-refractivity contribution in [3.63, 3.8) is 0 Å². The van der Waals surface area contributed by atoms with Crippen LogP contribution in [0.25, 0.3) is 0 Å². The number of hydrogen-bond acceptors (Lipinski definition) is 3. The molecule has 0 atom stereocenters. The normalized spacial score (nSPS) is 14.7. The van der Waals surface area contributed by atoms with Gasteiger partial charge in [0.05, 0.1) is 6.61 Å². The van der Waals surface area contributed by atoms with Gasteiger partial charge in [-0.1, -0.05) is 24.3 Å². The van der Waals surface area contributed by atoms with Crippen molar-refractivity contribution < 1.29 is 9.53 Å². The maximum absolute atomic E-state index is 11.1. The second kappa shape index (κ2) is 6.36. The van der Waals surface area contributed by atoms with E-state index < -0.39 is 0 Å². The molecule has 0 radical (unpaired) electrons. The topological polar surface area (TPSA) is 38.3 Å². The number of carbonyl (C=O) groups excluding carboxylic acids is 1. The SMILES string of the molecule is CCOCc1ccccc1CNC1=CC(=O)CC1. The highest BCUT2D eigenvalue weighted by molar-refractivity contribution is 5.92. The fraction of sp³-hybridized carbons (Fsp3) is 0.400. The van der Waals surface area contributed by atoms with Gasteiger partial charge in [-0.2, -0.15) is 0 Å². The Morgan fingerprint density at radius 2 is 2.00 bits per heavy atom. The van der Waals surface area contributed by atoms with E-state index in [2.05, 4.69) is 17.4 Å². The van der Waals surface area contributed by atoms with Crippen LogP contribution in [0.2, 0.25) is 0 Å². The van der Waals surface area contributed by atoms with Gasteiger partial charge in [-0.25, -0.2) is 0 Å². The van der Waals surface area contributed by atoms with Crippen LogP contribution in [0, 0.1) is 0 Å². The predicted octanol–water partition coefficient (Wildman–Crippen LogP) is 2.56. The zero-order valence-corrected chi connectivity index (χ0v) is 10.7. The number of carbonyl (C=O) groups is 1. The summed E-state index contributed by atoms with van der Waals surface area (Å²) in [7, 11) is 0. The average Bonchev–Trinajstić information content (AvgIpc) is 2.81. The van der Waals surface area contributed by atoms with Crippen LogP contribution < -0.4 is 5.32 Å². The Hall–Kier alpha value is -1.61. The zero-order valence-electron chi connectivity index (χ0n) is 10.7. The molecule has 0 amide bonds. The number of hydrogen-bond donors (Lipinski definition) is 1. The lowest BCUT2D eigenvalue weighted by Crippen LogP contribution is -2.13. The molecule has 3 heteroatoms. The first-order chi connectivity index (χ1) is 8.79. The van der Waals surface area contributed by atoms with E-state index in [9.17, 15) is 4.79 Å². The molecule has 0 bridgehead atoms. The molecule has 2 rings (SSSR count). The molecule has 1 aliphatic carbocycles. The number of nitrogens with one attached hydrogen (secondary N) is 1. The van der Waals surface area contributed by atoms with Crippen molar-refractivity contribution >= 4 is 5.78 Å². The first kappa shape index (κ1) is 12.8. The van der Waals surface area contributed by atoms with Crippen LogP contribution in [-0.4, -0.2) is 12.4 Å². The van der Waals surface area contributed by atoms with Crippen molar-refractivity contribution in [2.75, 3.05) is 6.61 Å². The van der Waals surface area contributed by atoms with Gasteiger partial charge in [0.15, 0.2) is 5.78 Å². The van der Waals surface area contributed by atoms with Gasteiger partial charge in [0.2, 0.25) is 0 Å². The molecule has 0 saturated carbocycles. The van der Waals surface area contributed by atoms with Gasteiger partial charge in [-0.3, -0.25) is 4.79 Å². The van der Waals surface area contributed by atoms with Crippen molar-refractivity contribution in [3.8, 4) is 0 Å². The summed E-state index contributed by atoms with van der Waals surface area (Å²) < 4.78 is 5.45. The molecule has 0 aromatic heterocycles. The summed E-state index contributed by atoms with van der Waals surface area (Å²) in [6, 6.07) is 8.23. The van der Waals surface area contributed by atoms with Crippen LogP contribution in [0.1, 0.15) is 30.9 Å². The molecule has 0 spiro atoms. The van der Waals surface area contributed by atoms with Gasteiger partial charge in [0, 0.05) is 31.3 Å². The smallest absolute Gasteiger partial charge is 0.157 e. The summed E-state index contributed by atoms with van der Waals surface area (Å²) in [5, 5.41) is 3.33. The molecule has 18 heavy (non-hydrogen) atoms. The second-order valence-electron chi connectivity index (χ2n) is 4.40. The van der Waals surface area contributed by atoms with Gasteiger partial charge in [0.1, 0.15) is 0 Å². The lowest BCUT2D eigenvalue weighted by molar-refractivity contribution is -0.114. The highest BCUT2D eigenvalue weighted by Crippen LogP contribution is 2.15. The van der Waals surface area contributed by atoms with E-state index in [-0.39, 0.29) is 5.78 Å². The molecule has 0 fully saturated rings. The molecule has 1 aliphatic rings. The molecule has 96 valence electrons. The van der Waals surface area contributed by atoms with Gasteiger partial charge < -0.3 is 10.1 Å². The number of ether oxygens (including phenoxy) is 1. The van der Waals surface area contributed by atoms with E-state index >= 15 is 0 Å². The summed E-state index contributed by atoms with van der Waals surface area (Å²) in [6.07, 6.45) is 3.19. The molecule has 0 aliphatic heterocycles. The number of rotatable bonds is 6.